The third-order valence-corrected chi connectivity index (χ3v) is 5.51. The second kappa shape index (κ2) is 7.24. The van der Waals surface area contributed by atoms with Crippen LogP contribution in [-0.4, -0.2) is 17.7 Å². The average molecular weight is 395 g/mol. The molecule has 1 aliphatic heterocycles. The first-order valence-corrected chi connectivity index (χ1v) is 9.52. The zero-order chi connectivity index (χ0) is 19.8. The molecule has 2 aliphatic rings. The van der Waals surface area contributed by atoms with E-state index in [1.807, 2.05) is 13.0 Å². The van der Waals surface area contributed by atoms with Crippen LogP contribution in [0.1, 0.15) is 30.1 Å². The molecule has 1 N–H and O–H groups in total. The summed E-state index contributed by atoms with van der Waals surface area (Å²) in [5.74, 6) is -1.32. The number of allylic oxidation sites excluding steroid dienone is 2. The number of hydrogen-bond acceptors (Lipinski definition) is 3. The van der Waals surface area contributed by atoms with Crippen LogP contribution in [0.5, 0.6) is 0 Å². The van der Waals surface area contributed by atoms with Crippen LogP contribution in [0.3, 0.4) is 0 Å². The minimum absolute atomic E-state index is 0.185. The second-order valence-corrected chi connectivity index (χ2v) is 7.67. The lowest BCUT2D eigenvalue weighted by Gasteiger charge is -2.18. The molecule has 0 spiro atoms. The van der Waals surface area contributed by atoms with Crippen molar-refractivity contribution in [2.45, 2.75) is 19.8 Å². The van der Waals surface area contributed by atoms with Crippen molar-refractivity contribution in [3.8, 4) is 0 Å². The van der Waals surface area contributed by atoms with Crippen molar-refractivity contribution in [3.63, 3.8) is 0 Å². The quantitative estimate of drug-likeness (QED) is 0.618. The van der Waals surface area contributed by atoms with E-state index in [2.05, 4.69) is 5.32 Å². The van der Waals surface area contributed by atoms with Gasteiger partial charge in [-0.3, -0.25) is 19.3 Å². The van der Waals surface area contributed by atoms with Crippen LogP contribution >= 0.6 is 11.6 Å². The van der Waals surface area contributed by atoms with E-state index in [1.165, 1.54) is 4.90 Å². The van der Waals surface area contributed by atoms with Crippen molar-refractivity contribution < 1.29 is 14.4 Å². The first kappa shape index (κ1) is 18.4. The molecular formula is C22H19ClN2O3. The van der Waals surface area contributed by atoms with Gasteiger partial charge in [0.15, 0.2) is 0 Å². The molecule has 0 bridgehead atoms. The Morgan fingerprint density at radius 3 is 2.61 bits per heavy atom. The molecular weight excluding hydrogens is 376 g/mol. The number of amides is 3. The summed E-state index contributed by atoms with van der Waals surface area (Å²) < 4.78 is 0. The monoisotopic (exact) mass is 394 g/mol. The standard InChI is InChI=1S/C22H19ClN2O3/c1-13-8-9-18-19(10-13)22(28)25(21(18)27)17-7-2-4-14(11-17)20(26)24-16-6-3-5-15(23)12-16/h2-8,11-12,18-19H,9-10H2,1H3,(H,24,26)/t18-,19+/m0/s1. The number of nitrogens with one attached hydrogen (secondary N) is 1. The van der Waals surface area contributed by atoms with Crippen LogP contribution in [0.2, 0.25) is 5.02 Å². The van der Waals surface area contributed by atoms with Gasteiger partial charge in [0, 0.05) is 16.3 Å². The Kier molecular flexibility index (Phi) is 4.77. The number of carbonyl (C=O) groups excluding carboxylic acids is 3. The fraction of sp³-hybridized carbons (Fsp3) is 0.227. The summed E-state index contributed by atoms with van der Waals surface area (Å²) in [7, 11) is 0. The zero-order valence-electron chi connectivity index (χ0n) is 15.3. The van der Waals surface area contributed by atoms with Crippen molar-refractivity contribution in [1.29, 1.82) is 0 Å². The third-order valence-electron chi connectivity index (χ3n) is 5.27. The Labute approximate surface area is 168 Å². The highest BCUT2D eigenvalue weighted by Gasteiger charge is 2.48. The number of halogens is 1. The average Bonchev–Trinajstić information content (AvgIpc) is 2.92. The van der Waals surface area contributed by atoms with E-state index in [0.29, 0.717) is 34.8 Å². The molecule has 0 aromatic heterocycles. The van der Waals surface area contributed by atoms with E-state index in [9.17, 15) is 14.4 Å². The molecule has 2 aromatic rings. The van der Waals surface area contributed by atoms with Crippen molar-refractivity contribution in [1.82, 2.24) is 0 Å². The van der Waals surface area contributed by atoms with Gasteiger partial charge in [0.2, 0.25) is 11.8 Å². The highest BCUT2D eigenvalue weighted by molar-refractivity contribution is 6.31. The summed E-state index contributed by atoms with van der Waals surface area (Å²) in [5, 5.41) is 3.29. The minimum atomic E-state index is -0.335. The van der Waals surface area contributed by atoms with Crippen LogP contribution in [0.15, 0.2) is 60.2 Å². The Morgan fingerprint density at radius 1 is 1.07 bits per heavy atom. The van der Waals surface area contributed by atoms with Gasteiger partial charge in [0.25, 0.3) is 5.91 Å². The van der Waals surface area contributed by atoms with Crippen molar-refractivity contribution >= 4 is 40.7 Å². The van der Waals surface area contributed by atoms with Gasteiger partial charge < -0.3 is 5.32 Å². The van der Waals surface area contributed by atoms with E-state index in [0.717, 1.165) is 5.57 Å². The number of fused-ring (bicyclic) bond motifs is 1. The van der Waals surface area contributed by atoms with E-state index in [4.69, 9.17) is 11.6 Å². The number of imide groups is 1. The molecule has 1 fully saturated rings. The highest BCUT2D eigenvalue weighted by atomic mass is 35.5. The molecule has 0 radical (unpaired) electrons. The molecule has 5 nitrogen and oxygen atoms in total. The molecule has 2 atom stereocenters. The van der Waals surface area contributed by atoms with E-state index < -0.39 is 0 Å². The maximum Gasteiger partial charge on any atom is 0.255 e. The lowest BCUT2D eigenvalue weighted by molar-refractivity contribution is -0.122. The van der Waals surface area contributed by atoms with Gasteiger partial charge in [-0.05, 0) is 56.2 Å². The Morgan fingerprint density at radius 2 is 1.82 bits per heavy atom. The topological polar surface area (TPSA) is 66.5 Å². The lowest BCUT2D eigenvalue weighted by atomic mass is 9.82. The molecule has 3 amide bonds. The number of rotatable bonds is 3. The summed E-state index contributed by atoms with van der Waals surface area (Å²) in [4.78, 5) is 39.5. The Balaban J connectivity index is 1.58. The predicted molar refractivity (Wildman–Crippen MR) is 108 cm³/mol. The van der Waals surface area contributed by atoms with Crippen LogP contribution in [0, 0.1) is 11.8 Å². The van der Waals surface area contributed by atoms with Gasteiger partial charge in [-0.15, -0.1) is 0 Å². The van der Waals surface area contributed by atoms with Gasteiger partial charge in [0.05, 0.1) is 17.5 Å². The molecule has 0 unspecified atom stereocenters. The molecule has 2 aromatic carbocycles. The van der Waals surface area contributed by atoms with Crippen molar-refractivity contribution in [2.75, 3.05) is 10.2 Å². The first-order chi connectivity index (χ1) is 13.4. The van der Waals surface area contributed by atoms with Gasteiger partial charge in [-0.1, -0.05) is 35.4 Å². The van der Waals surface area contributed by atoms with Gasteiger partial charge in [-0.2, -0.15) is 0 Å². The van der Waals surface area contributed by atoms with Crippen molar-refractivity contribution in [2.24, 2.45) is 11.8 Å². The Bertz CT molecular complexity index is 1010. The molecule has 142 valence electrons. The van der Waals surface area contributed by atoms with E-state index >= 15 is 0 Å². The van der Waals surface area contributed by atoms with Crippen LogP contribution in [-0.2, 0) is 9.59 Å². The van der Waals surface area contributed by atoms with Crippen LogP contribution in [0.25, 0.3) is 0 Å². The number of anilines is 2. The fourth-order valence-corrected chi connectivity index (χ4v) is 4.04. The van der Waals surface area contributed by atoms with E-state index in [1.54, 1.807) is 48.5 Å². The largest absolute Gasteiger partial charge is 0.322 e. The summed E-state index contributed by atoms with van der Waals surface area (Å²) >= 11 is 5.95. The predicted octanol–water partition coefficient (Wildman–Crippen LogP) is 4.44. The summed E-state index contributed by atoms with van der Waals surface area (Å²) in [6.07, 6.45) is 3.23. The molecule has 0 saturated carbocycles. The summed E-state index contributed by atoms with van der Waals surface area (Å²) in [5.41, 5.74) is 2.51. The Hall–Kier alpha value is -2.92. The maximum absolute atomic E-state index is 12.9. The zero-order valence-corrected chi connectivity index (χ0v) is 16.1. The normalized spacial score (nSPS) is 21.4. The fourth-order valence-electron chi connectivity index (χ4n) is 3.85. The number of carbonyl (C=O) groups is 3. The van der Waals surface area contributed by atoms with Crippen LogP contribution < -0.4 is 10.2 Å². The SMILES string of the molecule is CC1=CC[C@@H]2C(=O)N(c3cccc(C(=O)Nc4cccc(Cl)c4)c3)C(=O)[C@@H]2C1. The number of nitrogens with zero attached hydrogens (tertiary/aromatic N) is 1. The molecule has 1 heterocycles. The maximum atomic E-state index is 12.9. The summed E-state index contributed by atoms with van der Waals surface area (Å²) in [6.45, 7) is 1.98. The molecule has 1 saturated heterocycles. The van der Waals surface area contributed by atoms with Gasteiger partial charge in [-0.25, -0.2) is 0 Å². The third kappa shape index (κ3) is 3.34. The number of benzene rings is 2. The molecule has 1 aliphatic carbocycles. The molecule has 6 heteroatoms. The first-order valence-electron chi connectivity index (χ1n) is 9.14. The number of hydrogen-bond donors (Lipinski definition) is 1. The van der Waals surface area contributed by atoms with Gasteiger partial charge in [0.1, 0.15) is 0 Å². The van der Waals surface area contributed by atoms with Crippen LogP contribution in [0.4, 0.5) is 11.4 Å². The van der Waals surface area contributed by atoms with E-state index in [-0.39, 0.29) is 29.6 Å². The van der Waals surface area contributed by atoms with Gasteiger partial charge >= 0.3 is 0 Å². The molecule has 28 heavy (non-hydrogen) atoms. The lowest BCUT2D eigenvalue weighted by Crippen LogP contribution is -2.31. The molecule has 4 rings (SSSR count). The minimum Gasteiger partial charge on any atom is -0.322 e. The second-order valence-electron chi connectivity index (χ2n) is 7.23. The van der Waals surface area contributed by atoms with Crippen molar-refractivity contribution in [3.05, 3.63) is 70.8 Å². The smallest absolute Gasteiger partial charge is 0.255 e. The highest BCUT2D eigenvalue weighted by Crippen LogP contribution is 2.39. The summed E-state index contributed by atoms with van der Waals surface area (Å²) in [6, 6.07) is 13.4.